The summed E-state index contributed by atoms with van der Waals surface area (Å²) in [5, 5.41) is 12.5. The number of aliphatic hydroxyl groups excluding tert-OH is 1. The van der Waals surface area contributed by atoms with Crippen molar-refractivity contribution in [2.45, 2.75) is 12.3 Å². The van der Waals surface area contributed by atoms with Crippen molar-refractivity contribution in [3.8, 4) is 0 Å². The Morgan fingerprint density at radius 2 is 1.71 bits per heavy atom. The molecule has 1 unspecified atom stereocenters. The topological polar surface area (TPSA) is 32.3 Å². The van der Waals surface area contributed by atoms with Crippen LogP contribution in [0.15, 0.2) is 48.5 Å². The summed E-state index contributed by atoms with van der Waals surface area (Å²) in [6, 6.07) is 12.2. The Labute approximate surface area is 125 Å². The molecule has 2 aromatic carbocycles. The van der Waals surface area contributed by atoms with Crippen LogP contribution in [0.5, 0.6) is 0 Å². The molecule has 2 nitrogen and oxygen atoms in total. The molecule has 0 aliphatic heterocycles. The maximum absolute atomic E-state index is 12.9. The van der Waals surface area contributed by atoms with Crippen LogP contribution in [-0.2, 0) is 6.18 Å². The number of hydrogen-bond acceptors (Lipinski definition) is 2. The molecule has 6 heteroatoms. The molecule has 2 aromatic rings. The highest BCUT2D eigenvalue weighted by atomic mass is 35.5. The highest BCUT2D eigenvalue weighted by Gasteiger charge is 2.34. The first-order chi connectivity index (χ1) is 9.89. The SMILES string of the molecule is OC(CNc1c(Cl)cccc1C(F)(F)F)c1ccccc1. The molecule has 21 heavy (non-hydrogen) atoms. The molecule has 0 aliphatic rings. The minimum Gasteiger partial charge on any atom is -0.387 e. The predicted octanol–water partition coefficient (Wildman–Crippen LogP) is 4.50. The van der Waals surface area contributed by atoms with Crippen LogP contribution in [0.3, 0.4) is 0 Å². The normalized spacial score (nSPS) is 13.0. The van der Waals surface area contributed by atoms with Crippen molar-refractivity contribution >= 4 is 17.3 Å². The van der Waals surface area contributed by atoms with E-state index in [4.69, 9.17) is 11.6 Å². The van der Waals surface area contributed by atoms with E-state index in [1.54, 1.807) is 30.3 Å². The van der Waals surface area contributed by atoms with Crippen LogP contribution in [0.4, 0.5) is 18.9 Å². The van der Waals surface area contributed by atoms with Crippen LogP contribution in [0.2, 0.25) is 5.02 Å². The molecule has 0 fully saturated rings. The van der Waals surface area contributed by atoms with E-state index < -0.39 is 17.8 Å². The fourth-order valence-electron chi connectivity index (χ4n) is 1.93. The van der Waals surface area contributed by atoms with E-state index in [1.807, 2.05) is 0 Å². The summed E-state index contributed by atoms with van der Waals surface area (Å²) >= 11 is 5.82. The zero-order chi connectivity index (χ0) is 15.5. The average Bonchev–Trinajstić information content (AvgIpc) is 2.45. The zero-order valence-electron chi connectivity index (χ0n) is 10.9. The van der Waals surface area contributed by atoms with Crippen molar-refractivity contribution in [1.82, 2.24) is 0 Å². The Kier molecular flexibility index (Phi) is 4.75. The fourth-order valence-corrected chi connectivity index (χ4v) is 2.17. The van der Waals surface area contributed by atoms with Crippen LogP contribution in [0.1, 0.15) is 17.2 Å². The Hall–Kier alpha value is -1.72. The second kappa shape index (κ2) is 6.37. The van der Waals surface area contributed by atoms with E-state index in [0.717, 1.165) is 6.07 Å². The molecular formula is C15H13ClF3NO. The lowest BCUT2D eigenvalue weighted by Gasteiger charge is -2.18. The summed E-state index contributed by atoms with van der Waals surface area (Å²) < 4.78 is 38.7. The first kappa shape index (κ1) is 15.7. The molecule has 0 radical (unpaired) electrons. The molecule has 0 aromatic heterocycles. The highest BCUT2D eigenvalue weighted by molar-refractivity contribution is 6.33. The maximum Gasteiger partial charge on any atom is 0.418 e. The maximum atomic E-state index is 12.9. The molecule has 0 spiro atoms. The number of halogens is 4. The predicted molar refractivity (Wildman–Crippen MR) is 76.3 cm³/mol. The summed E-state index contributed by atoms with van der Waals surface area (Å²) in [6.45, 7) is -0.0726. The van der Waals surface area contributed by atoms with Crippen molar-refractivity contribution < 1.29 is 18.3 Å². The lowest BCUT2D eigenvalue weighted by Crippen LogP contribution is -2.16. The summed E-state index contributed by atoms with van der Waals surface area (Å²) in [5.74, 6) is 0. The van der Waals surface area contributed by atoms with E-state index >= 15 is 0 Å². The molecule has 0 heterocycles. The summed E-state index contributed by atoms with van der Waals surface area (Å²) in [4.78, 5) is 0. The number of aliphatic hydroxyl groups is 1. The minimum atomic E-state index is -4.51. The molecule has 2 rings (SSSR count). The van der Waals surface area contributed by atoms with Gasteiger partial charge in [0.15, 0.2) is 0 Å². The van der Waals surface area contributed by atoms with Crippen molar-refractivity contribution in [3.63, 3.8) is 0 Å². The van der Waals surface area contributed by atoms with Gasteiger partial charge in [0, 0.05) is 6.54 Å². The summed E-state index contributed by atoms with van der Waals surface area (Å²) in [5.41, 5.74) is -0.456. The Morgan fingerprint density at radius 3 is 2.33 bits per heavy atom. The third-order valence-electron chi connectivity index (χ3n) is 2.98. The third-order valence-corrected chi connectivity index (χ3v) is 3.29. The van der Waals surface area contributed by atoms with Gasteiger partial charge >= 0.3 is 6.18 Å². The van der Waals surface area contributed by atoms with Crippen molar-refractivity contribution in [2.75, 3.05) is 11.9 Å². The number of rotatable bonds is 4. The molecule has 0 saturated carbocycles. The molecule has 0 bridgehead atoms. The van der Waals surface area contributed by atoms with Crippen molar-refractivity contribution in [2.24, 2.45) is 0 Å². The first-order valence-electron chi connectivity index (χ1n) is 6.22. The molecule has 0 aliphatic carbocycles. The molecule has 0 saturated heterocycles. The Balaban J connectivity index is 2.17. The number of alkyl halides is 3. The quantitative estimate of drug-likeness (QED) is 0.870. The van der Waals surface area contributed by atoms with Crippen LogP contribution in [-0.4, -0.2) is 11.7 Å². The van der Waals surface area contributed by atoms with E-state index in [0.29, 0.717) is 5.56 Å². The standard InChI is InChI=1S/C15H13ClF3NO/c16-12-8-4-7-11(15(17,18)19)14(12)20-9-13(21)10-5-2-1-3-6-10/h1-8,13,20-21H,9H2. The number of anilines is 1. The summed E-state index contributed by atoms with van der Waals surface area (Å²) in [7, 11) is 0. The van der Waals surface area contributed by atoms with Gasteiger partial charge in [-0.25, -0.2) is 0 Å². The molecule has 0 amide bonds. The van der Waals surface area contributed by atoms with Gasteiger partial charge in [-0.2, -0.15) is 13.2 Å². The second-order valence-corrected chi connectivity index (χ2v) is 4.87. The summed E-state index contributed by atoms with van der Waals surface area (Å²) in [6.07, 6.45) is -5.44. The van der Waals surface area contributed by atoms with Gasteiger partial charge in [-0.3, -0.25) is 0 Å². The molecular weight excluding hydrogens is 303 g/mol. The van der Waals surface area contributed by atoms with Crippen LogP contribution in [0.25, 0.3) is 0 Å². The lowest BCUT2D eigenvalue weighted by atomic mass is 10.1. The van der Waals surface area contributed by atoms with E-state index in [-0.39, 0.29) is 17.3 Å². The monoisotopic (exact) mass is 315 g/mol. The number of hydrogen-bond donors (Lipinski definition) is 2. The number of para-hydroxylation sites is 1. The van der Waals surface area contributed by atoms with E-state index in [2.05, 4.69) is 5.32 Å². The van der Waals surface area contributed by atoms with Gasteiger partial charge in [0.1, 0.15) is 0 Å². The van der Waals surface area contributed by atoms with Gasteiger partial charge in [-0.15, -0.1) is 0 Å². The van der Waals surface area contributed by atoms with Gasteiger partial charge in [-0.1, -0.05) is 48.0 Å². The van der Waals surface area contributed by atoms with Crippen LogP contribution >= 0.6 is 11.6 Å². The van der Waals surface area contributed by atoms with E-state index in [9.17, 15) is 18.3 Å². The van der Waals surface area contributed by atoms with Gasteiger partial charge in [0.25, 0.3) is 0 Å². The molecule has 112 valence electrons. The highest BCUT2D eigenvalue weighted by Crippen LogP contribution is 2.38. The van der Waals surface area contributed by atoms with Gasteiger partial charge in [-0.05, 0) is 17.7 Å². The average molecular weight is 316 g/mol. The van der Waals surface area contributed by atoms with E-state index in [1.165, 1.54) is 12.1 Å². The Bertz CT molecular complexity index is 602. The fraction of sp³-hybridized carbons (Fsp3) is 0.200. The van der Waals surface area contributed by atoms with Crippen LogP contribution in [0, 0.1) is 0 Å². The third kappa shape index (κ3) is 3.89. The van der Waals surface area contributed by atoms with Crippen molar-refractivity contribution in [3.05, 3.63) is 64.7 Å². The van der Waals surface area contributed by atoms with Gasteiger partial charge < -0.3 is 10.4 Å². The van der Waals surface area contributed by atoms with Crippen LogP contribution < -0.4 is 5.32 Å². The molecule has 1 atom stereocenters. The lowest BCUT2D eigenvalue weighted by molar-refractivity contribution is -0.137. The van der Waals surface area contributed by atoms with Crippen molar-refractivity contribution in [1.29, 1.82) is 0 Å². The smallest absolute Gasteiger partial charge is 0.387 e. The second-order valence-electron chi connectivity index (χ2n) is 4.47. The minimum absolute atomic E-state index is 0.0370. The largest absolute Gasteiger partial charge is 0.418 e. The number of nitrogens with one attached hydrogen (secondary N) is 1. The Morgan fingerprint density at radius 1 is 1.05 bits per heavy atom. The zero-order valence-corrected chi connectivity index (χ0v) is 11.6. The first-order valence-corrected chi connectivity index (χ1v) is 6.60. The van der Waals surface area contributed by atoms with Gasteiger partial charge in [0.05, 0.1) is 22.4 Å². The van der Waals surface area contributed by atoms with Gasteiger partial charge in [0.2, 0.25) is 0 Å². The number of benzene rings is 2. The molecule has 2 N–H and O–H groups in total.